The first-order chi connectivity index (χ1) is 15.1. The minimum Gasteiger partial charge on any atom is -0.444 e. The van der Waals surface area contributed by atoms with E-state index in [0.717, 1.165) is 12.1 Å². The van der Waals surface area contributed by atoms with E-state index < -0.39 is 25.8 Å². The molecule has 1 amide bonds. The van der Waals surface area contributed by atoms with Crippen molar-refractivity contribution in [1.82, 2.24) is 9.88 Å². The van der Waals surface area contributed by atoms with Gasteiger partial charge in [0.1, 0.15) is 15.6 Å². The van der Waals surface area contributed by atoms with Gasteiger partial charge in [-0.2, -0.15) is 13.2 Å². The average molecular weight is 590 g/mol. The van der Waals surface area contributed by atoms with Crippen molar-refractivity contribution in [3.05, 3.63) is 32.0 Å². The maximum absolute atomic E-state index is 13.0. The van der Waals surface area contributed by atoms with Crippen LogP contribution < -0.4 is 0 Å². The molecule has 13 heteroatoms. The fourth-order valence-corrected chi connectivity index (χ4v) is 6.14. The molecule has 2 heterocycles. The second kappa shape index (κ2) is 9.35. The zero-order chi connectivity index (χ0) is 24.8. The predicted octanol–water partition coefficient (Wildman–Crippen LogP) is 6.63. The molecule has 6 nitrogen and oxygen atoms in total. The largest absolute Gasteiger partial charge is 0.501 e. The molecule has 0 unspecified atom stereocenters. The van der Waals surface area contributed by atoms with Gasteiger partial charge >= 0.3 is 11.6 Å². The lowest BCUT2D eigenvalue weighted by Gasteiger charge is -2.32. The summed E-state index contributed by atoms with van der Waals surface area (Å²) in [5.41, 5.74) is -5.64. The van der Waals surface area contributed by atoms with Crippen molar-refractivity contribution in [2.45, 2.75) is 55.5 Å². The molecule has 0 atom stereocenters. The number of ether oxygens (including phenoxy) is 1. The fourth-order valence-electron chi connectivity index (χ4n) is 3.29. The van der Waals surface area contributed by atoms with Crippen LogP contribution in [0.3, 0.4) is 0 Å². The first-order valence-electron chi connectivity index (χ1n) is 9.85. The smallest absolute Gasteiger partial charge is 0.444 e. The Balaban J connectivity index is 1.82. The lowest BCUT2D eigenvalue weighted by molar-refractivity contribution is -0.0436. The Kier molecular flexibility index (Phi) is 7.43. The Labute approximate surface area is 207 Å². The highest BCUT2D eigenvalue weighted by atomic mass is 79.9. The van der Waals surface area contributed by atoms with Crippen LogP contribution in [0.1, 0.15) is 44.5 Å². The summed E-state index contributed by atoms with van der Waals surface area (Å²) in [5, 5.41) is 0.680. The van der Waals surface area contributed by atoms with Crippen molar-refractivity contribution in [3.63, 3.8) is 0 Å². The summed E-state index contributed by atoms with van der Waals surface area (Å²) in [6.45, 7) is 6.33. The minimum atomic E-state index is -5.53. The number of alkyl halides is 3. The van der Waals surface area contributed by atoms with Crippen LogP contribution in [0, 0.1) is 0 Å². The molecule has 0 saturated carbocycles. The van der Waals surface area contributed by atoms with E-state index in [-0.39, 0.29) is 32.1 Å². The quantitative estimate of drug-likeness (QED) is 0.402. The molecule has 0 N–H and O–H groups in total. The maximum atomic E-state index is 13.0. The van der Waals surface area contributed by atoms with Crippen molar-refractivity contribution < 1.29 is 31.1 Å². The second-order valence-electron chi connectivity index (χ2n) is 8.54. The number of hydrogen-bond acceptors (Lipinski definition) is 6. The summed E-state index contributed by atoms with van der Waals surface area (Å²) in [7, 11) is -5.53. The first kappa shape index (κ1) is 26.2. The van der Waals surface area contributed by atoms with Gasteiger partial charge in [-0.25, -0.2) is 18.2 Å². The summed E-state index contributed by atoms with van der Waals surface area (Å²) in [5.74, 6) is 0.00506. The highest BCUT2D eigenvalue weighted by molar-refractivity contribution is 9.10. The summed E-state index contributed by atoms with van der Waals surface area (Å²) in [4.78, 5) is 17.5. The van der Waals surface area contributed by atoms with Crippen LogP contribution in [-0.4, -0.2) is 48.6 Å². The van der Waals surface area contributed by atoms with Crippen LogP contribution in [0.4, 0.5) is 18.0 Å². The summed E-state index contributed by atoms with van der Waals surface area (Å²) in [6.07, 6.45) is 0.856. The van der Waals surface area contributed by atoms with Crippen LogP contribution in [0.2, 0.25) is 4.34 Å². The van der Waals surface area contributed by atoms with Gasteiger partial charge in [0, 0.05) is 29.0 Å². The van der Waals surface area contributed by atoms with E-state index in [0.29, 0.717) is 30.9 Å². The second-order valence-corrected chi connectivity index (χ2v) is 13.0. The molecular weight excluding hydrogens is 569 g/mol. The number of nitrogens with zero attached hydrogens (tertiary/aromatic N) is 2. The van der Waals surface area contributed by atoms with Gasteiger partial charge in [0.05, 0.1) is 9.90 Å². The Hall–Kier alpha value is -1.37. The number of thiazole rings is 1. The molecule has 33 heavy (non-hydrogen) atoms. The lowest BCUT2D eigenvalue weighted by atomic mass is 9.98. The lowest BCUT2D eigenvalue weighted by Crippen LogP contribution is -2.41. The van der Waals surface area contributed by atoms with E-state index in [4.69, 9.17) is 16.3 Å². The highest BCUT2D eigenvalue weighted by Crippen LogP contribution is 2.41. The van der Waals surface area contributed by atoms with Gasteiger partial charge in [0.15, 0.2) is 0 Å². The SMILES string of the molecule is CC(C)(C)OC(=O)N1CCC(c2nc(-c3cc(Br)cc(S(=O)(=O)C(F)(F)F)c3)c(Cl)s2)CC1. The number of carbonyl (C=O) groups is 1. The van der Waals surface area contributed by atoms with Crippen LogP contribution in [0.5, 0.6) is 0 Å². The molecule has 2 aromatic rings. The van der Waals surface area contributed by atoms with E-state index in [1.54, 1.807) is 25.7 Å². The van der Waals surface area contributed by atoms with Gasteiger partial charge in [-0.1, -0.05) is 27.5 Å². The molecule has 0 bridgehead atoms. The minimum absolute atomic E-state index is 0.00506. The third-order valence-corrected chi connectivity index (χ3v) is 8.20. The topological polar surface area (TPSA) is 76.6 Å². The highest BCUT2D eigenvalue weighted by Gasteiger charge is 2.47. The summed E-state index contributed by atoms with van der Waals surface area (Å²) >= 11 is 10.6. The third-order valence-electron chi connectivity index (χ3n) is 4.86. The van der Waals surface area contributed by atoms with Crippen LogP contribution >= 0.6 is 38.9 Å². The van der Waals surface area contributed by atoms with Crippen molar-refractivity contribution in [2.75, 3.05) is 13.1 Å². The van der Waals surface area contributed by atoms with Gasteiger partial charge in [0.25, 0.3) is 9.84 Å². The van der Waals surface area contributed by atoms with Crippen molar-refractivity contribution in [2.24, 2.45) is 0 Å². The number of piperidine rings is 1. The molecule has 1 aromatic carbocycles. The molecule has 1 aliphatic rings. The standard InChI is InChI=1S/C20H21BrClF3N2O4S2/c1-19(2,3)31-18(28)27-6-4-11(5-7-27)17-26-15(16(22)32-17)12-8-13(21)10-14(9-12)33(29,30)20(23,24)25/h8-11H,4-7H2,1-3H3. The Bertz CT molecular complexity index is 1160. The number of benzene rings is 1. The van der Waals surface area contributed by atoms with Gasteiger partial charge in [-0.3, -0.25) is 0 Å². The number of aromatic nitrogens is 1. The predicted molar refractivity (Wildman–Crippen MR) is 123 cm³/mol. The number of sulfone groups is 1. The van der Waals surface area contributed by atoms with Crippen molar-refractivity contribution in [1.29, 1.82) is 0 Å². The Morgan fingerprint density at radius 1 is 1.21 bits per heavy atom. The first-order valence-corrected chi connectivity index (χ1v) is 13.3. The third kappa shape index (κ3) is 6.01. The molecule has 3 rings (SSSR count). The number of rotatable bonds is 3. The van der Waals surface area contributed by atoms with E-state index in [1.165, 1.54) is 17.4 Å². The molecule has 182 valence electrons. The summed E-state index contributed by atoms with van der Waals surface area (Å²) < 4.78 is 68.5. The average Bonchev–Trinajstić information content (AvgIpc) is 3.07. The van der Waals surface area contributed by atoms with Gasteiger partial charge < -0.3 is 9.64 Å². The molecule has 1 saturated heterocycles. The van der Waals surface area contributed by atoms with Crippen LogP contribution in [-0.2, 0) is 14.6 Å². The zero-order valence-corrected chi connectivity index (χ0v) is 21.8. The number of carbonyl (C=O) groups excluding carboxylic acids is 1. The Morgan fingerprint density at radius 2 is 1.82 bits per heavy atom. The van der Waals surface area contributed by atoms with Gasteiger partial charge in [-0.05, 0) is 51.8 Å². The molecule has 1 fully saturated rings. The molecule has 0 aliphatic carbocycles. The van der Waals surface area contributed by atoms with E-state index >= 15 is 0 Å². The van der Waals surface area contributed by atoms with E-state index in [2.05, 4.69) is 20.9 Å². The van der Waals surface area contributed by atoms with E-state index in [9.17, 15) is 26.4 Å². The van der Waals surface area contributed by atoms with Gasteiger partial charge in [-0.15, -0.1) is 11.3 Å². The fraction of sp³-hybridized carbons (Fsp3) is 0.500. The molecule has 0 radical (unpaired) electrons. The van der Waals surface area contributed by atoms with E-state index in [1.807, 2.05) is 0 Å². The molecular formula is C20H21BrClF3N2O4S2. The molecule has 0 spiro atoms. The van der Waals surface area contributed by atoms with Crippen molar-refractivity contribution in [3.8, 4) is 11.3 Å². The number of likely N-dealkylation sites (tertiary alicyclic amines) is 1. The summed E-state index contributed by atoms with van der Waals surface area (Å²) in [6, 6.07) is 3.27. The molecule has 1 aromatic heterocycles. The number of hydrogen-bond donors (Lipinski definition) is 0. The molecule has 1 aliphatic heterocycles. The number of halogens is 5. The normalized spacial score (nSPS) is 16.2. The number of amides is 1. The Morgan fingerprint density at radius 3 is 2.36 bits per heavy atom. The van der Waals surface area contributed by atoms with Crippen LogP contribution in [0.25, 0.3) is 11.3 Å². The van der Waals surface area contributed by atoms with Gasteiger partial charge in [0.2, 0.25) is 0 Å². The monoisotopic (exact) mass is 588 g/mol. The van der Waals surface area contributed by atoms with Crippen molar-refractivity contribution >= 4 is 54.8 Å². The zero-order valence-electron chi connectivity index (χ0n) is 17.9. The maximum Gasteiger partial charge on any atom is 0.501 e. The van der Waals surface area contributed by atoms with Crippen LogP contribution in [0.15, 0.2) is 27.6 Å².